The molecule has 0 heterocycles. The molecule has 0 aromatic carbocycles. The van der Waals surface area contributed by atoms with Crippen LogP contribution in [0, 0.1) is 0 Å². The number of hydrogen-bond donors (Lipinski definition) is 0. The van der Waals surface area contributed by atoms with Crippen molar-refractivity contribution in [2.45, 2.75) is 213 Å². The predicted molar refractivity (Wildman–Crippen MR) is 183 cm³/mol. The molecule has 0 spiro atoms. The molecule has 0 aliphatic heterocycles. The summed E-state index contributed by atoms with van der Waals surface area (Å²) in [5.74, 6) is -0.877. The van der Waals surface area contributed by atoms with E-state index in [4.69, 9.17) is 14.2 Å². The first-order valence-electron chi connectivity index (χ1n) is 19.0. The van der Waals surface area contributed by atoms with Crippen LogP contribution in [0.3, 0.4) is 0 Å². The third kappa shape index (κ3) is 31.8. The van der Waals surface area contributed by atoms with Crippen LogP contribution in [0.15, 0.2) is 0 Å². The zero-order chi connectivity index (χ0) is 32.4. The molecule has 0 N–H and O–H groups in total. The molecule has 0 amide bonds. The van der Waals surface area contributed by atoms with Gasteiger partial charge in [0, 0.05) is 19.3 Å². The van der Waals surface area contributed by atoms with Crippen molar-refractivity contribution in [2.75, 3.05) is 13.2 Å². The molecular weight excluding hydrogens is 552 g/mol. The van der Waals surface area contributed by atoms with Crippen molar-refractivity contribution in [3.8, 4) is 0 Å². The van der Waals surface area contributed by atoms with Gasteiger partial charge in [0.2, 0.25) is 0 Å². The second-order valence-corrected chi connectivity index (χ2v) is 12.9. The van der Waals surface area contributed by atoms with Gasteiger partial charge in [0.15, 0.2) is 6.10 Å². The van der Waals surface area contributed by atoms with Gasteiger partial charge in [-0.05, 0) is 19.3 Å². The molecule has 0 saturated heterocycles. The van der Waals surface area contributed by atoms with E-state index in [-0.39, 0.29) is 31.1 Å². The number of carbonyl (C=O) groups is 3. The third-order valence-electron chi connectivity index (χ3n) is 8.36. The van der Waals surface area contributed by atoms with Crippen LogP contribution in [-0.2, 0) is 28.6 Å². The summed E-state index contributed by atoms with van der Waals surface area (Å²) >= 11 is 0. The van der Waals surface area contributed by atoms with Gasteiger partial charge in [0.1, 0.15) is 13.2 Å². The second-order valence-electron chi connectivity index (χ2n) is 12.9. The highest BCUT2D eigenvalue weighted by atomic mass is 16.6. The summed E-state index contributed by atoms with van der Waals surface area (Å²) in [7, 11) is 0. The van der Waals surface area contributed by atoms with E-state index < -0.39 is 6.10 Å². The molecule has 0 fully saturated rings. The zero-order valence-corrected chi connectivity index (χ0v) is 29.4. The first kappa shape index (κ1) is 42.4. The fourth-order valence-corrected chi connectivity index (χ4v) is 5.44. The molecule has 6 heteroatoms. The Hall–Kier alpha value is -1.59. The van der Waals surface area contributed by atoms with Gasteiger partial charge in [-0.3, -0.25) is 14.4 Å². The van der Waals surface area contributed by atoms with Gasteiger partial charge >= 0.3 is 17.9 Å². The number of esters is 3. The minimum absolute atomic E-state index is 0.0649. The lowest BCUT2D eigenvalue weighted by Gasteiger charge is -2.18. The third-order valence-corrected chi connectivity index (χ3v) is 8.36. The lowest BCUT2D eigenvalue weighted by molar-refractivity contribution is -0.167. The summed E-state index contributed by atoms with van der Waals surface area (Å²) in [5, 5.41) is 0. The Labute approximate surface area is 272 Å². The van der Waals surface area contributed by atoms with E-state index >= 15 is 0 Å². The summed E-state index contributed by atoms with van der Waals surface area (Å²) in [6.07, 6.45) is 31.0. The lowest BCUT2D eigenvalue weighted by atomic mass is 10.0. The molecular formula is C38H72O6. The minimum atomic E-state index is -0.754. The van der Waals surface area contributed by atoms with Gasteiger partial charge < -0.3 is 14.2 Å². The van der Waals surface area contributed by atoms with Crippen LogP contribution in [0.4, 0.5) is 0 Å². The highest BCUT2D eigenvalue weighted by molar-refractivity contribution is 5.71. The van der Waals surface area contributed by atoms with Crippen LogP contribution < -0.4 is 0 Å². The molecule has 0 saturated carbocycles. The summed E-state index contributed by atoms with van der Waals surface area (Å²) in [5.41, 5.74) is 0. The molecule has 0 radical (unpaired) electrons. The van der Waals surface area contributed by atoms with Gasteiger partial charge in [-0.25, -0.2) is 0 Å². The van der Waals surface area contributed by atoms with E-state index in [1.807, 2.05) is 0 Å². The zero-order valence-electron chi connectivity index (χ0n) is 29.4. The van der Waals surface area contributed by atoms with Gasteiger partial charge in [0.25, 0.3) is 0 Å². The SMILES string of the molecule is CCCCCCCCCCCCCCC(=O)OC[C@@H](COC(=O)CCCCCCCCC)OC(=O)CCCCCCCCC. The molecule has 0 unspecified atom stereocenters. The maximum absolute atomic E-state index is 12.5. The molecule has 0 aromatic rings. The monoisotopic (exact) mass is 625 g/mol. The maximum atomic E-state index is 12.5. The Morgan fingerprint density at radius 3 is 0.909 bits per heavy atom. The summed E-state index contributed by atoms with van der Waals surface area (Å²) in [6, 6.07) is 0. The Balaban J connectivity index is 4.27. The Morgan fingerprint density at radius 2 is 0.614 bits per heavy atom. The summed E-state index contributed by atoms with van der Waals surface area (Å²) in [6.45, 7) is 6.53. The van der Waals surface area contributed by atoms with Crippen molar-refractivity contribution in [1.29, 1.82) is 0 Å². The van der Waals surface area contributed by atoms with Gasteiger partial charge in [0.05, 0.1) is 0 Å². The van der Waals surface area contributed by atoms with Crippen molar-refractivity contribution in [1.82, 2.24) is 0 Å². The second kappa shape index (κ2) is 34.3. The largest absolute Gasteiger partial charge is 0.462 e. The van der Waals surface area contributed by atoms with Crippen molar-refractivity contribution in [2.24, 2.45) is 0 Å². The van der Waals surface area contributed by atoms with Crippen LogP contribution in [-0.4, -0.2) is 37.2 Å². The Morgan fingerprint density at radius 1 is 0.364 bits per heavy atom. The van der Waals surface area contributed by atoms with E-state index in [0.29, 0.717) is 19.3 Å². The van der Waals surface area contributed by atoms with Crippen LogP contribution in [0.1, 0.15) is 207 Å². The fourth-order valence-electron chi connectivity index (χ4n) is 5.44. The molecule has 0 bridgehead atoms. The van der Waals surface area contributed by atoms with Crippen molar-refractivity contribution < 1.29 is 28.6 Å². The van der Waals surface area contributed by atoms with Crippen molar-refractivity contribution in [3.05, 3.63) is 0 Å². The van der Waals surface area contributed by atoms with Crippen LogP contribution in [0.25, 0.3) is 0 Å². The minimum Gasteiger partial charge on any atom is -0.462 e. The van der Waals surface area contributed by atoms with Crippen molar-refractivity contribution >= 4 is 17.9 Å². The molecule has 0 aromatic heterocycles. The Bertz CT molecular complexity index is 649. The van der Waals surface area contributed by atoms with Crippen LogP contribution in [0.5, 0.6) is 0 Å². The molecule has 260 valence electrons. The topological polar surface area (TPSA) is 78.9 Å². The first-order valence-corrected chi connectivity index (χ1v) is 19.0. The van der Waals surface area contributed by atoms with E-state index in [9.17, 15) is 14.4 Å². The van der Waals surface area contributed by atoms with E-state index in [2.05, 4.69) is 20.8 Å². The van der Waals surface area contributed by atoms with Gasteiger partial charge in [-0.2, -0.15) is 0 Å². The maximum Gasteiger partial charge on any atom is 0.306 e. The average Bonchev–Trinajstić information content (AvgIpc) is 3.02. The normalized spacial score (nSPS) is 11.8. The Kier molecular flexibility index (Phi) is 33.0. The number of rotatable bonds is 34. The first-order chi connectivity index (χ1) is 21.5. The number of carbonyl (C=O) groups excluding carboxylic acids is 3. The standard InChI is InChI=1S/C38H72O6/c1-4-7-10-13-16-17-18-19-20-23-25-28-31-37(40)43-34-35(44-38(41)32-29-26-22-15-12-9-6-3)33-42-36(39)30-27-24-21-14-11-8-5-2/h35H,4-34H2,1-3H3/t35-/m1/s1. The molecule has 0 aliphatic carbocycles. The number of hydrogen-bond acceptors (Lipinski definition) is 6. The highest BCUT2D eigenvalue weighted by Gasteiger charge is 2.19. The lowest BCUT2D eigenvalue weighted by Crippen LogP contribution is -2.30. The van der Waals surface area contributed by atoms with Gasteiger partial charge in [-0.1, -0.05) is 168 Å². The average molecular weight is 625 g/mol. The fraction of sp³-hybridized carbons (Fsp3) is 0.921. The molecule has 0 aliphatic rings. The van der Waals surface area contributed by atoms with E-state index in [0.717, 1.165) is 57.8 Å². The predicted octanol–water partition coefficient (Wildman–Crippen LogP) is 11.4. The summed E-state index contributed by atoms with van der Waals surface area (Å²) < 4.78 is 16.5. The molecule has 1 atom stereocenters. The van der Waals surface area contributed by atoms with Crippen LogP contribution in [0.2, 0.25) is 0 Å². The summed E-state index contributed by atoms with van der Waals surface area (Å²) in [4.78, 5) is 37.2. The number of ether oxygens (including phenoxy) is 3. The molecule has 0 rings (SSSR count). The van der Waals surface area contributed by atoms with E-state index in [1.54, 1.807) is 0 Å². The smallest absolute Gasteiger partial charge is 0.306 e. The van der Waals surface area contributed by atoms with E-state index in [1.165, 1.54) is 109 Å². The molecule has 6 nitrogen and oxygen atoms in total. The van der Waals surface area contributed by atoms with Crippen LogP contribution >= 0.6 is 0 Å². The molecule has 44 heavy (non-hydrogen) atoms. The van der Waals surface area contributed by atoms with Gasteiger partial charge in [-0.15, -0.1) is 0 Å². The number of unbranched alkanes of at least 4 members (excludes halogenated alkanes) is 23. The van der Waals surface area contributed by atoms with Crippen molar-refractivity contribution in [3.63, 3.8) is 0 Å². The quantitative estimate of drug-likeness (QED) is 0.0402. The highest BCUT2D eigenvalue weighted by Crippen LogP contribution is 2.14.